The zero-order chi connectivity index (χ0) is 12.3. The minimum Gasteiger partial charge on any atom is -0.375 e. The Morgan fingerprint density at radius 3 is 2.65 bits per heavy atom. The SMILES string of the molecule is O=C[C@H]1CC(N2CCCCC2)=CC[C@H]1[N+](=O)[O-]. The van der Waals surface area contributed by atoms with Crippen LogP contribution in [0.5, 0.6) is 0 Å². The van der Waals surface area contributed by atoms with Gasteiger partial charge in [-0.1, -0.05) is 6.08 Å². The highest BCUT2D eigenvalue weighted by molar-refractivity contribution is 5.55. The number of aldehydes is 1. The van der Waals surface area contributed by atoms with Crippen LogP contribution >= 0.6 is 0 Å². The van der Waals surface area contributed by atoms with E-state index in [1.165, 1.54) is 19.3 Å². The summed E-state index contributed by atoms with van der Waals surface area (Å²) < 4.78 is 0. The quantitative estimate of drug-likeness (QED) is 0.425. The predicted molar refractivity (Wildman–Crippen MR) is 63.1 cm³/mol. The van der Waals surface area contributed by atoms with Crippen molar-refractivity contribution in [2.75, 3.05) is 13.1 Å². The Labute approximate surface area is 101 Å². The fraction of sp³-hybridized carbons (Fsp3) is 0.750. The monoisotopic (exact) mass is 238 g/mol. The summed E-state index contributed by atoms with van der Waals surface area (Å²) in [5.41, 5.74) is 1.14. The Kier molecular flexibility index (Phi) is 3.76. The van der Waals surface area contributed by atoms with Gasteiger partial charge in [0, 0.05) is 36.6 Å². The van der Waals surface area contributed by atoms with Crippen molar-refractivity contribution in [3.63, 3.8) is 0 Å². The lowest BCUT2D eigenvalue weighted by Crippen LogP contribution is -2.37. The van der Waals surface area contributed by atoms with Gasteiger partial charge in [0.1, 0.15) is 6.29 Å². The molecule has 0 aromatic rings. The van der Waals surface area contributed by atoms with Crippen LogP contribution < -0.4 is 0 Å². The number of piperidine rings is 1. The molecular weight excluding hydrogens is 220 g/mol. The van der Waals surface area contributed by atoms with E-state index in [2.05, 4.69) is 4.90 Å². The largest absolute Gasteiger partial charge is 0.375 e. The van der Waals surface area contributed by atoms with Gasteiger partial charge in [0.25, 0.3) is 0 Å². The van der Waals surface area contributed by atoms with E-state index in [4.69, 9.17) is 0 Å². The van der Waals surface area contributed by atoms with Crippen molar-refractivity contribution >= 4 is 6.29 Å². The minimum absolute atomic E-state index is 0.317. The Morgan fingerprint density at radius 1 is 1.35 bits per heavy atom. The van der Waals surface area contributed by atoms with Crippen LogP contribution in [-0.2, 0) is 4.79 Å². The molecule has 0 spiro atoms. The highest BCUT2D eigenvalue weighted by Crippen LogP contribution is 2.28. The van der Waals surface area contributed by atoms with Gasteiger partial charge in [-0.2, -0.15) is 0 Å². The molecule has 0 unspecified atom stereocenters. The molecule has 0 saturated carbocycles. The van der Waals surface area contributed by atoms with Crippen LogP contribution in [0.2, 0.25) is 0 Å². The highest BCUT2D eigenvalue weighted by atomic mass is 16.6. The Hall–Kier alpha value is -1.39. The molecule has 1 heterocycles. The van der Waals surface area contributed by atoms with Crippen molar-refractivity contribution in [2.24, 2.45) is 5.92 Å². The number of hydrogen-bond acceptors (Lipinski definition) is 4. The summed E-state index contributed by atoms with van der Waals surface area (Å²) >= 11 is 0. The van der Waals surface area contributed by atoms with Crippen LogP contribution in [0.4, 0.5) is 0 Å². The second-order valence-corrected chi connectivity index (χ2v) is 4.84. The van der Waals surface area contributed by atoms with E-state index >= 15 is 0 Å². The van der Waals surface area contributed by atoms with Gasteiger partial charge in [-0.3, -0.25) is 10.1 Å². The van der Waals surface area contributed by atoms with Crippen molar-refractivity contribution in [1.29, 1.82) is 0 Å². The third-order valence-electron chi connectivity index (χ3n) is 3.74. The maximum absolute atomic E-state index is 11.0. The standard InChI is InChI=1S/C12H18N2O3/c15-9-10-8-11(4-5-12(10)14(16)17)13-6-2-1-3-7-13/h4,9-10,12H,1-3,5-8H2/t10-,12-/m1/s1. The molecule has 17 heavy (non-hydrogen) atoms. The fourth-order valence-electron chi connectivity index (χ4n) is 2.71. The summed E-state index contributed by atoms with van der Waals surface area (Å²) in [5, 5.41) is 10.8. The molecule has 0 N–H and O–H groups in total. The first-order valence-corrected chi connectivity index (χ1v) is 6.25. The second kappa shape index (κ2) is 5.29. The zero-order valence-corrected chi connectivity index (χ0v) is 9.88. The molecule has 2 atom stereocenters. The van der Waals surface area contributed by atoms with Gasteiger partial charge in [-0.25, -0.2) is 0 Å². The molecule has 0 radical (unpaired) electrons. The van der Waals surface area contributed by atoms with Gasteiger partial charge < -0.3 is 9.69 Å². The molecular formula is C12H18N2O3. The number of allylic oxidation sites excluding steroid dienone is 1. The summed E-state index contributed by atoms with van der Waals surface area (Å²) in [4.78, 5) is 23.7. The van der Waals surface area contributed by atoms with E-state index in [0.29, 0.717) is 12.8 Å². The zero-order valence-electron chi connectivity index (χ0n) is 9.88. The summed E-state index contributed by atoms with van der Waals surface area (Å²) in [6.07, 6.45) is 7.27. The van der Waals surface area contributed by atoms with Gasteiger partial charge in [0.05, 0.1) is 5.92 Å². The molecule has 0 amide bonds. The number of nitrogens with zero attached hydrogens (tertiary/aromatic N) is 2. The summed E-state index contributed by atoms with van der Waals surface area (Å²) in [5.74, 6) is -0.452. The number of hydrogen-bond donors (Lipinski definition) is 0. The first-order chi connectivity index (χ1) is 8.22. The van der Waals surface area contributed by atoms with E-state index in [9.17, 15) is 14.9 Å². The number of rotatable bonds is 3. The normalized spacial score (nSPS) is 29.6. The molecule has 2 rings (SSSR count). The second-order valence-electron chi connectivity index (χ2n) is 4.84. The van der Waals surface area contributed by atoms with E-state index in [-0.39, 0.29) is 4.92 Å². The van der Waals surface area contributed by atoms with Crippen LogP contribution in [-0.4, -0.2) is 35.2 Å². The minimum atomic E-state index is -0.721. The molecule has 5 nitrogen and oxygen atoms in total. The molecule has 0 bridgehead atoms. The van der Waals surface area contributed by atoms with Crippen molar-refractivity contribution in [2.45, 2.75) is 38.1 Å². The predicted octanol–water partition coefficient (Wildman–Crippen LogP) is 1.61. The molecule has 1 aliphatic carbocycles. The molecule has 1 aliphatic heterocycles. The lowest BCUT2D eigenvalue weighted by molar-refractivity contribution is -0.528. The highest BCUT2D eigenvalue weighted by Gasteiger charge is 2.35. The summed E-state index contributed by atoms with van der Waals surface area (Å²) in [7, 11) is 0. The lowest BCUT2D eigenvalue weighted by atomic mass is 9.87. The molecule has 5 heteroatoms. The van der Waals surface area contributed by atoms with Gasteiger partial charge >= 0.3 is 0 Å². The van der Waals surface area contributed by atoms with Crippen molar-refractivity contribution in [1.82, 2.24) is 4.90 Å². The smallest absolute Gasteiger partial charge is 0.226 e. The molecule has 1 saturated heterocycles. The van der Waals surface area contributed by atoms with E-state index in [1.54, 1.807) is 0 Å². The summed E-state index contributed by atoms with van der Waals surface area (Å²) in [6, 6.07) is -0.721. The fourth-order valence-corrected chi connectivity index (χ4v) is 2.71. The first kappa shape index (κ1) is 12.1. The van der Waals surface area contributed by atoms with Crippen LogP contribution in [0, 0.1) is 16.0 Å². The van der Waals surface area contributed by atoms with Crippen molar-refractivity contribution < 1.29 is 9.72 Å². The van der Waals surface area contributed by atoms with E-state index in [1.807, 2.05) is 6.08 Å². The molecule has 94 valence electrons. The van der Waals surface area contributed by atoms with Crippen molar-refractivity contribution in [3.05, 3.63) is 21.9 Å². The van der Waals surface area contributed by atoms with Gasteiger partial charge in [0.2, 0.25) is 6.04 Å². The first-order valence-electron chi connectivity index (χ1n) is 6.25. The number of carbonyl (C=O) groups excluding carboxylic acids is 1. The third-order valence-corrected chi connectivity index (χ3v) is 3.74. The maximum Gasteiger partial charge on any atom is 0.226 e. The molecule has 0 aromatic heterocycles. The number of likely N-dealkylation sites (tertiary alicyclic amines) is 1. The van der Waals surface area contributed by atoms with Gasteiger partial charge in [0.15, 0.2) is 0 Å². The maximum atomic E-state index is 11.0. The van der Waals surface area contributed by atoms with Crippen LogP contribution in [0.1, 0.15) is 32.1 Å². The van der Waals surface area contributed by atoms with Gasteiger partial charge in [-0.05, 0) is 19.3 Å². The van der Waals surface area contributed by atoms with E-state index < -0.39 is 12.0 Å². The van der Waals surface area contributed by atoms with Crippen molar-refractivity contribution in [3.8, 4) is 0 Å². The molecule has 0 aromatic carbocycles. The Balaban J connectivity index is 2.05. The number of nitro groups is 1. The van der Waals surface area contributed by atoms with Crippen LogP contribution in [0.25, 0.3) is 0 Å². The van der Waals surface area contributed by atoms with Crippen LogP contribution in [0.15, 0.2) is 11.8 Å². The average molecular weight is 238 g/mol. The average Bonchev–Trinajstić information content (AvgIpc) is 2.39. The number of carbonyl (C=O) groups is 1. The summed E-state index contributed by atoms with van der Waals surface area (Å²) in [6.45, 7) is 2.06. The molecule has 1 fully saturated rings. The third kappa shape index (κ3) is 2.65. The van der Waals surface area contributed by atoms with E-state index in [0.717, 1.165) is 25.1 Å². The lowest BCUT2D eigenvalue weighted by Gasteiger charge is -2.34. The Morgan fingerprint density at radius 2 is 2.06 bits per heavy atom. The molecule has 2 aliphatic rings. The Bertz CT molecular complexity index is 335. The van der Waals surface area contributed by atoms with Gasteiger partial charge in [-0.15, -0.1) is 0 Å². The topological polar surface area (TPSA) is 63.5 Å². The van der Waals surface area contributed by atoms with Crippen LogP contribution in [0.3, 0.4) is 0 Å².